The average Bonchev–Trinajstić information content (AvgIpc) is 3.87. The molecule has 0 amide bonds. The molecule has 58 heavy (non-hydrogen) atoms. The van der Waals surface area contributed by atoms with Crippen LogP contribution in [0.25, 0.3) is 33.4 Å². The summed E-state index contributed by atoms with van der Waals surface area (Å²) < 4.78 is 5.16. The van der Waals surface area contributed by atoms with Crippen LogP contribution in [0.5, 0.6) is 0 Å². The zero-order valence-electron chi connectivity index (χ0n) is 35.3. The average molecular weight is 879 g/mol. The number of benzene rings is 6. The van der Waals surface area contributed by atoms with Crippen molar-refractivity contribution in [2.45, 2.75) is 90.9 Å². The molecule has 0 saturated carbocycles. The number of allylic oxidation sites excluding steroid dienone is 4. The van der Waals surface area contributed by atoms with Gasteiger partial charge in [0.15, 0.2) is 0 Å². The predicted octanol–water partition coefficient (Wildman–Crippen LogP) is 8.06. The molecule has 0 heterocycles. The van der Waals surface area contributed by atoms with E-state index in [1.165, 1.54) is 61.2 Å². The van der Waals surface area contributed by atoms with Gasteiger partial charge in [0.05, 0.1) is 0 Å². The molecule has 6 aromatic rings. The Morgan fingerprint density at radius 2 is 1.03 bits per heavy atom. The van der Waals surface area contributed by atoms with Gasteiger partial charge >= 0.3 is 346 Å². The SMILES string of the molecule is CC([C](C(C)c1ccccc1)=[Zr+2]([C]1=CC=CC1)[c]1c2c(cc(C(C)(C)C)c1-c1ccccc1)-c1cc(C(C)(C)C)c(-c3ccccc3)cc1C2)c1ccccc1.[Cl-].[Cl-]. The van der Waals surface area contributed by atoms with Crippen LogP contribution in [0.15, 0.2) is 161 Å². The summed E-state index contributed by atoms with van der Waals surface area (Å²) >= 11 is -3.02. The minimum absolute atomic E-state index is 0. The van der Waals surface area contributed by atoms with Crippen LogP contribution in [0.1, 0.15) is 107 Å². The fourth-order valence-electron chi connectivity index (χ4n) is 9.40. The Hall–Kier alpha value is -3.87. The molecule has 2 aliphatic carbocycles. The van der Waals surface area contributed by atoms with Crippen LogP contribution in [0.4, 0.5) is 0 Å². The zero-order chi connectivity index (χ0) is 39.2. The molecule has 3 heteroatoms. The van der Waals surface area contributed by atoms with E-state index in [4.69, 9.17) is 0 Å². The number of halogens is 2. The molecule has 6 aromatic carbocycles. The van der Waals surface area contributed by atoms with E-state index in [0.717, 1.165) is 12.8 Å². The van der Waals surface area contributed by atoms with Gasteiger partial charge < -0.3 is 24.8 Å². The maximum atomic E-state index is 2.63. The normalized spacial score (nSPS) is 13.9. The molecule has 294 valence electrons. The van der Waals surface area contributed by atoms with Crippen molar-refractivity contribution in [3.63, 3.8) is 0 Å². The summed E-state index contributed by atoms with van der Waals surface area (Å²) in [6, 6.07) is 53.1. The predicted molar refractivity (Wildman–Crippen MR) is 239 cm³/mol. The van der Waals surface area contributed by atoms with Gasteiger partial charge in [-0.15, -0.1) is 0 Å². The van der Waals surface area contributed by atoms with Gasteiger partial charge in [-0.05, 0) is 0 Å². The Morgan fingerprint density at radius 3 is 1.52 bits per heavy atom. The molecule has 0 aliphatic heterocycles. The van der Waals surface area contributed by atoms with Gasteiger partial charge in [-0.2, -0.15) is 0 Å². The molecule has 8 rings (SSSR count). The van der Waals surface area contributed by atoms with E-state index in [1.54, 1.807) is 15.3 Å². The van der Waals surface area contributed by atoms with E-state index in [1.807, 2.05) is 0 Å². The van der Waals surface area contributed by atoms with Crippen molar-refractivity contribution >= 4 is 6.48 Å². The Balaban J connectivity index is 0.00000283. The van der Waals surface area contributed by atoms with Gasteiger partial charge in [-0.3, -0.25) is 0 Å². The van der Waals surface area contributed by atoms with Gasteiger partial charge in [0, 0.05) is 0 Å². The molecule has 0 N–H and O–H groups in total. The van der Waals surface area contributed by atoms with Gasteiger partial charge in [-0.25, -0.2) is 0 Å². The largest absolute Gasteiger partial charge is 1.00 e. The van der Waals surface area contributed by atoms with E-state index in [0.29, 0.717) is 11.8 Å². The molecule has 2 atom stereocenters. The van der Waals surface area contributed by atoms with Crippen LogP contribution in [0, 0.1) is 0 Å². The standard InChI is InChI=1S/C33H33.C17H18.C5H5.2ClH.Zr/c1-32(2,3)30-20-26-24(18-28(30)22-13-9-7-10-14-22)17-25-19-29(23-15-11-8-12-16-23)31(21-27(25)26)33(4,5)6;1-14(16-9-5-3-6-10-16)13-15(2)17-11-7-4-8-12-17;1-2-4-5-3-1;;;/h7-16,18,20-21H,17H2,1-6H3;3-12,14-15H,1-2H3;1-3H,4H2;2*1H;/q;;;;;+2/p-2. The van der Waals surface area contributed by atoms with Gasteiger partial charge in [-0.1, -0.05) is 0 Å². The fourth-order valence-corrected chi connectivity index (χ4v) is 18.8. The number of hydrogen-bond donors (Lipinski definition) is 0. The van der Waals surface area contributed by atoms with E-state index in [2.05, 4.69) is 213 Å². The quantitative estimate of drug-likeness (QED) is 0.145. The Bertz CT molecular complexity index is 2430. The fraction of sp³-hybridized carbons (Fsp3) is 0.255. The summed E-state index contributed by atoms with van der Waals surface area (Å²) in [5.41, 5.74) is 17.1. The van der Waals surface area contributed by atoms with Crippen LogP contribution >= 0.6 is 0 Å². The van der Waals surface area contributed by atoms with Crippen LogP contribution in [-0.4, -0.2) is 3.21 Å². The molecule has 0 radical (unpaired) electrons. The first-order chi connectivity index (χ1) is 26.9. The summed E-state index contributed by atoms with van der Waals surface area (Å²) in [6.45, 7) is 19.5. The second-order valence-electron chi connectivity index (χ2n) is 18.1. The van der Waals surface area contributed by atoms with E-state index >= 15 is 0 Å². The summed E-state index contributed by atoms with van der Waals surface area (Å²) in [5.74, 6) is 0.613. The minimum Gasteiger partial charge on any atom is -1.00 e. The van der Waals surface area contributed by atoms with Gasteiger partial charge in [0.25, 0.3) is 0 Å². The minimum atomic E-state index is -3.02. The van der Waals surface area contributed by atoms with E-state index in [-0.39, 0.29) is 35.6 Å². The second-order valence-corrected chi connectivity index (χ2v) is 24.2. The molecular formula is C55H56Cl2Zr. The third-order valence-corrected chi connectivity index (χ3v) is 20.9. The van der Waals surface area contributed by atoms with Crippen molar-refractivity contribution in [3.8, 4) is 33.4 Å². The number of fused-ring (bicyclic) bond motifs is 3. The molecule has 0 spiro atoms. The summed E-state index contributed by atoms with van der Waals surface area (Å²) in [6.07, 6.45) is 9.30. The van der Waals surface area contributed by atoms with Crippen LogP contribution in [0.2, 0.25) is 0 Å². The topological polar surface area (TPSA) is 0 Å². The molecule has 0 saturated heterocycles. The molecule has 2 aliphatic rings. The molecule has 0 fully saturated rings. The number of hydrogen-bond acceptors (Lipinski definition) is 0. The van der Waals surface area contributed by atoms with Crippen molar-refractivity contribution in [1.29, 1.82) is 0 Å². The molecule has 2 unspecified atom stereocenters. The molecule has 0 bridgehead atoms. The van der Waals surface area contributed by atoms with Crippen LogP contribution < -0.4 is 28.1 Å². The first kappa shape index (κ1) is 43.7. The first-order valence-corrected chi connectivity index (χ1v) is 24.3. The molecule has 0 aromatic heterocycles. The first-order valence-electron chi connectivity index (χ1n) is 20.6. The van der Waals surface area contributed by atoms with Crippen molar-refractivity contribution in [1.82, 2.24) is 0 Å². The van der Waals surface area contributed by atoms with E-state index < -0.39 is 21.3 Å². The summed E-state index contributed by atoms with van der Waals surface area (Å²) in [4.78, 5) is 0. The molecular weight excluding hydrogens is 823 g/mol. The monoisotopic (exact) mass is 876 g/mol. The van der Waals surface area contributed by atoms with Crippen molar-refractivity contribution in [2.75, 3.05) is 0 Å². The second kappa shape index (κ2) is 17.8. The molecule has 0 nitrogen and oxygen atoms in total. The van der Waals surface area contributed by atoms with Crippen LogP contribution in [-0.2, 0) is 38.5 Å². The third-order valence-electron chi connectivity index (χ3n) is 12.3. The maximum Gasteiger partial charge on any atom is -1.00 e. The van der Waals surface area contributed by atoms with E-state index in [9.17, 15) is 0 Å². The Morgan fingerprint density at radius 1 is 0.552 bits per heavy atom. The third kappa shape index (κ3) is 8.43. The summed E-state index contributed by atoms with van der Waals surface area (Å²) in [5, 5.41) is 0. The van der Waals surface area contributed by atoms with Crippen LogP contribution in [0.3, 0.4) is 0 Å². The zero-order valence-corrected chi connectivity index (χ0v) is 39.3. The Labute approximate surface area is 368 Å². The van der Waals surface area contributed by atoms with Crippen molar-refractivity contribution in [2.24, 2.45) is 0 Å². The van der Waals surface area contributed by atoms with Gasteiger partial charge in [0.2, 0.25) is 0 Å². The Kier molecular flexibility index (Phi) is 13.4. The number of rotatable bonds is 8. The summed E-state index contributed by atoms with van der Waals surface area (Å²) in [7, 11) is 0. The smallest absolute Gasteiger partial charge is 1.00 e. The van der Waals surface area contributed by atoms with Crippen molar-refractivity contribution in [3.05, 3.63) is 194 Å². The van der Waals surface area contributed by atoms with Crippen molar-refractivity contribution < 1.29 is 46.1 Å². The maximum absolute atomic E-state index is 3.02. The van der Waals surface area contributed by atoms with Gasteiger partial charge in [0.1, 0.15) is 0 Å².